The number of carbonyl (C=O) groups excluding carboxylic acids is 1. The molecule has 0 bridgehead atoms. The van der Waals surface area contributed by atoms with Gasteiger partial charge in [-0.3, -0.25) is 10.2 Å². The molecule has 28 heavy (non-hydrogen) atoms. The van der Waals surface area contributed by atoms with Crippen LogP contribution >= 0.6 is 0 Å². The molecule has 144 valence electrons. The average molecular weight is 382 g/mol. The van der Waals surface area contributed by atoms with E-state index >= 15 is 0 Å². The fourth-order valence-corrected chi connectivity index (χ4v) is 2.49. The molecule has 3 rings (SSSR count). The molecule has 2 heterocycles. The quantitative estimate of drug-likeness (QED) is 0.248. The van der Waals surface area contributed by atoms with Crippen molar-refractivity contribution in [3.8, 4) is 22.5 Å². The van der Waals surface area contributed by atoms with E-state index in [1.165, 1.54) is 12.1 Å². The van der Waals surface area contributed by atoms with Crippen molar-refractivity contribution >= 4 is 11.7 Å². The lowest BCUT2D eigenvalue weighted by Crippen LogP contribution is -2.31. The van der Waals surface area contributed by atoms with Crippen LogP contribution in [0.25, 0.3) is 22.5 Å². The molecule has 0 saturated carbocycles. The number of hydrazine groups is 1. The average Bonchev–Trinajstić information content (AvgIpc) is 2.73. The van der Waals surface area contributed by atoms with Crippen molar-refractivity contribution in [2.45, 2.75) is 0 Å². The van der Waals surface area contributed by atoms with E-state index in [2.05, 4.69) is 20.3 Å². The summed E-state index contributed by atoms with van der Waals surface area (Å²) in [6, 6.07) is 11.2. The van der Waals surface area contributed by atoms with Crippen LogP contribution in [0.5, 0.6) is 0 Å². The van der Waals surface area contributed by atoms with Crippen molar-refractivity contribution in [2.75, 3.05) is 25.6 Å². The van der Waals surface area contributed by atoms with Gasteiger partial charge in [-0.15, -0.1) is 0 Å². The summed E-state index contributed by atoms with van der Waals surface area (Å²) in [5.41, 5.74) is 4.05. The molecule has 0 saturated heterocycles. The Morgan fingerprint density at radius 3 is 2.57 bits per heavy atom. The van der Waals surface area contributed by atoms with Gasteiger partial charge in [0.2, 0.25) is 5.82 Å². The predicted molar refractivity (Wildman–Crippen MR) is 103 cm³/mol. The van der Waals surface area contributed by atoms with E-state index in [-0.39, 0.29) is 5.82 Å². The van der Waals surface area contributed by atoms with Crippen molar-refractivity contribution in [1.82, 2.24) is 20.4 Å². The number of methoxy groups -OCH3 is 1. The highest BCUT2D eigenvalue weighted by atomic mass is 19.1. The number of carbonyl (C=O) groups is 1. The summed E-state index contributed by atoms with van der Waals surface area (Å²) >= 11 is 0. The van der Waals surface area contributed by atoms with Gasteiger partial charge in [0.1, 0.15) is 11.6 Å². The molecule has 4 N–H and O–H groups in total. The molecule has 1 aromatic carbocycles. The van der Waals surface area contributed by atoms with Gasteiger partial charge in [0, 0.05) is 31.0 Å². The first kappa shape index (κ1) is 19.3. The lowest BCUT2D eigenvalue weighted by molar-refractivity contribution is 0.0943. The van der Waals surface area contributed by atoms with Gasteiger partial charge in [0.05, 0.1) is 18.0 Å². The fraction of sp³-hybridized carbons (Fsp3) is 0.158. The molecular weight excluding hydrogens is 363 g/mol. The molecule has 8 nitrogen and oxygen atoms in total. The second-order valence-electron chi connectivity index (χ2n) is 5.80. The van der Waals surface area contributed by atoms with Gasteiger partial charge in [-0.25, -0.2) is 25.2 Å². The number of halogens is 1. The summed E-state index contributed by atoms with van der Waals surface area (Å²) < 4.78 is 18.6. The predicted octanol–water partition coefficient (Wildman–Crippen LogP) is 2.01. The summed E-state index contributed by atoms with van der Waals surface area (Å²) in [5.74, 6) is 4.72. The number of amides is 1. The summed E-state index contributed by atoms with van der Waals surface area (Å²) in [6.45, 7) is 1.19. The van der Waals surface area contributed by atoms with Crippen LogP contribution in [-0.2, 0) is 4.74 Å². The lowest BCUT2D eigenvalue weighted by Gasteiger charge is -2.09. The number of nitrogens with zero attached hydrogens (tertiary/aromatic N) is 3. The molecule has 3 aromatic rings. The molecule has 0 fully saturated rings. The van der Waals surface area contributed by atoms with Crippen molar-refractivity contribution < 1.29 is 13.9 Å². The maximum atomic E-state index is 13.6. The standard InChI is InChI=1S/C19H19FN6O2/c1-28-8-7-22-17-6-5-13(11-23-17)16-10-15(12-3-2-4-14(20)9-12)24-18(25-16)19(27)26-21/h2-6,9-11H,7-8,21H2,1H3,(H,22,23)(H,26,27). The number of pyridine rings is 1. The Kier molecular flexibility index (Phi) is 6.20. The minimum absolute atomic E-state index is 0.124. The maximum Gasteiger partial charge on any atom is 0.302 e. The van der Waals surface area contributed by atoms with Gasteiger partial charge in [-0.1, -0.05) is 12.1 Å². The Bertz CT molecular complexity index is 965. The molecule has 0 aliphatic rings. The Labute approximate surface area is 161 Å². The van der Waals surface area contributed by atoms with E-state index in [0.29, 0.717) is 41.5 Å². The van der Waals surface area contributed by atoms with E-state index in [4.69, 9.17) is 10.6 Å². The van der Waals surface area contributed by atoms with Crippen molar-refractivity contribution in [1.29, 1.82) is 0 Å². The summed E-state index contributed by atoms with van der Waals surface area (Å²) in [7, 11) is 1.62. The maximum absolute atomic E-state index is 13.6. The van der Waals surface area contributed by atoms with Gasteiger partial charge in [-0.05, 0) is 30.3 Å². The third kappa shape index (κ3) is 4.64. The largest absolute Gasteiger partial charge is 0.383 e. The second-order valence-corrected chi connectivity index (χ2v) is 5.80. The van der Waals surface area contributed by atoms with E-state index in [1.807, 2.05) is 11.5 Å². The van der Waals surface area contributed by atoms with E-state index < -0.39 is 11.7 Å². The minimum atomic E-state index is -0.648. The molecule has 0 aliphatic carbocycles. The molecule has 2 aromatic heterocycles. The Balaban J connectivity index is 1.97. The van der Waals surface area contributed by atoms with Crippen LogP contribution in [0.4, 0.5) is 10.2 Å². The zero-order valence-corrected chi connectivity index (χ0v) is 15.1. The van der Waals surface area contributed by atoms with E-state index in [9.17, 15) is 9.18 Å². The Morgan fingerprint density at radius 1 is 1.14 bits per heavy atom. The first-order valence-corrected chi connectivity index (χ1v) is 8.46. The SMILES string of the molecule is COCCNc1ccc(-c2cc(-c3cccc(F)c3)nc(C(=O)NN)n2)cn1. The molecule has 1 amide bonds. The van der Waals surface area contributed by atoms with Crippen molar-refractivity contribution in [2.24, 2.45) is 5.84 Å². The second kappa shape index (κ2) is 8.98. The van der Waals surface area contributed by atoms with Crippen molar-refractivity contribution in [3.63, 3.8) is 0 Å². The smallest absolute Gasteiger partial charge is 0.302 e. The number of benzene rings is 1. The molecule has 0 atom stereocenters. The first-order valence-electron chi connectivity index (χ1n) is 8.46. The molecule has 0 aliphatic heterocycles. The summed E-state index contributed by atoms with van der Waals surface area (Å²) in [5, 5.41) is 3.12. The molecule has 0 spiro atoms. The van der Waals surface area contributed by atoms with Crippen LogP contribution in [-0.4, -0.2) is 41.1 Å². The first-order chi connectivity index (χ1) is 13.6. The summed E-state index contributed by atoms with van der Waals surface area (Å²) in [4.78, 5) is 24.7. The molecular formula is C19H19FN6O2. The fourth-order valence-electron chi connectivity index (χ4n) is 2.49. The number of hydrogen-bond donors (Lipinski definition) is 3. The van der Waals surface area contributed by atoms with Gasteiger partial charge < -0.3 is 10.1 Å². The number of nitrogens with one attached hydrogen (secondary N) is 2. The minimum Gasteiger partial charge on any atom is -0.383 e. The zero-order chi connectivity index (χ0) is 19.9. The number of rotatable bonds is 7. The van der Waals surface area contributed by atoms with E-state index in [1.54, 1.807) is 37.6 Å². The zero-order valence-electron chi connectivity index (χ0n) is 15.1. The number of nitrogens with two attached hydrogens (primary N) is 1. The van der Waals surface area contributed by atoms with Crippen LogP contribution in [0, 0.1) is 5.82 Å². The molecule has 0 unspecified atom stereocenters. The number of aromatic nitrogens is 3. The highest BCUT2D eigenvalue weighted by molar-refractivity contribution is 5.91. The normalized spacial score (nSPS) is 10.5. The van der Waals surface area contributed by atoms with E-state index in [0.717, 1.165) is 0 Å². The molecule has 9 heteroatoms. The Hall–Kier alpha value is -3.43. The van der Waals surface area contributed by atoms with Crippen LogP contribution < -0.4 is 16.6 Å². The van der Waals surface area contributed by atoms with Crippen LogP contribution in [0.2, 0.25) is 0 Å². The van der Waals surface area contributed by atoms with Gasteiger partial charge in [0.15, 0.2) is 0 Å². The highest BCUT2D eigenvalue weighted by Gasteiger charge is 2.14. The Morgan fingerprint density at radius 2 is 1.93 bits per heavy atom. The number of anilines is 1. The van der Waals surface area contributed by atoms with Gasteiger partial charge in [0.25, 0.3) is 0 Å². The third-order valence-electron chi connectivity index (χ3n) is 3.85. The highest BCUT2D eigenvalue weighted by Crippen LogP contribution is 2.24. The monoisotopic (exact) mass is 382 g/mol. The third-order valence-corrected chi connectivity index (χ3v) is 3.85. The van der Waals surface area contributed by atoms with Gasteiger partial charge >= 0.3 is 5.91 Å². The topological polar surface area (TPSA) is 115 Å². The number of nitrogen functional groups attached to an aromatic ring is 1. The van der Waals surface area contributed by atoms with Crippen LogP contribution in [0.3, 0.4) is 0 Å². The van der Waals surface area contributed by atoms with Gasteiger partial charge in [-0.2, -0.15) is 0 Å². The van der Waals surface area contributed by atoms with Crippen molar-refractivity contribution in [3.05, 3.63) is 60.3 Å². The lowest BCUT2D eigenvalue weighted by atomic mass is 10.1. The number of hydrogen-bond acceptors (Lipinski definition) is 7. The summed E-state index contributed by atoms with van der Waals surface area (Å²) in [6.07, 6.45) is 1.62. The van der Waals surface area contributed by atoms with Crippen LogP contribution in [0.1, 0.15) is 10.6 Å². The van der Waals surface area contributed by atoms with Crippen LogP contribution in [0.15, 0.2) is 48.7 Å². The molecule has 0 radical (unpaired) electrons. The number of ether oxygens (including phenoxy) is 1.